The van der Waals surface area contributed by atoms with E-state index in [4.69, 9.17) is 11.6 Å². The molecule has 1 atom stereocenters. The first-order valence-corrected chi connectivity index (χ1v) is 5.43. The van der Waals surface area contributed by atoms with E-state index in [1.54, 1.807) is 12.4 Å². The summed E-state index contributed by atoms with van der Waals surface area (Å²) < 4.78 is 0. The van der Waals surface area contributed by atoms with E-state index in [1.807, 2.05) is 18.2 Å². The molecule has 0 aliphatic carbocycles. The molecule has 0 bridgehead atoms. The number of nitrogens with one attached hydrogen (secondary N) is 1. The van der Waals surface area contributed by atoms with Gasteiger partial charge in [0.25, 0.3) is 0 Å². The quantitative estimate of drug-likeness (QED) is 0.884. The summed E-state index contributed by atoms with van der Waals surface area (Å²) in [7, 11) is 0. The molecular weight excluding hydrogens is 222 g/mol. The summed E-state index contributed by atoms with van der Waals surface area (Å²) >= 11 is 5.92. The maximum absolute atomic E-state index is 5.92. The van der Waals surface area contributed by atoms with E-state index in [0.29, 0.717) is 11.0 Å². The third kappa shape index (κ3) is 2.49. The van der Waals surface area contributed by atoms with Crippen LogP contribution in [0.25, 0.3) is 0 Å². The summed E-state index contributed by atoms with van der Waals surface area (Å²) in [5, 5.41) is 3.61. The molecule has 0 radical (unpaired) electrons. The Morgan fingerprint density at radius 2 is 1.81 bits per heavy atom. The van der Waals surface area contributed by atoms with Gasteiger partial charge in [0.15, 0.2) is 11.0 Å². The maximum Gasteiger partial charge on any atom is 0.171 e. The number of hydrogen-bond acceptors (Lipinski definition) is 3. The number of benzene rings is 1. The second-order valence-corrected chi connectivity index (χ2v) is 3.83. The predicted molar refractivity (Wildman–Crippen MR) is 65.5 cm³/mol. The van der Waals surface area contributed by atoms with Gasteiger partial charge in [-0.25, -0.2) is 9.97 Å². The van der Waals surface area contributed by atoms with E-state index >= 15 is 0 Å². The van der Waals surface area contributed by atoms with Crippen molar-refractivity contribution in [1.82, 2.24) is 9.97 Å². The molecule has 1 N–H and O–H groups in total. The fourth-order valence-electron chi connectivity index (χ4n) is 1.45. The van der Waals surface area contributed by atoms with Crippen molar-refractivity contribution in [2.24, 2.45) is 0 Å². The van der Waals surface area contributed by atoms with E-state index in [1.165, 1.54) is 5.56 Å². The SMILES string of the molecule is C[C@H](Nc1nccnc1Cl)c1ccccc1. The largest absolute Gasteiger partial charge is 0.361 e. The molecule has 0 aliphatic rings. The van der Waals surface area contributed by atoms with Crippen molar-refractivity contribution in [1.29, 1.82) is 0 Å². The van der Waals surface area contributed by atoms with Gasteiger partial charge in [-0.1, -0.05) is 41.9 Å². The van der Waals surface area contributed by atoms with Crippen LogP contribution in [0.15, 0.2) is 42.7 Å². The predicted octanol–water partition coefficient (Wildman–Crippen LogP) is 3.30. The van der Waals surface area contributed by atoms with E-state index < -0.39 is 0 Å². The molecule has 4 heteroatoms. The van der Waals surface area contributed by atoms with Crippen LogP contribution in [-0.4, -0.2) is 9.97 Å². The van der Waals surface area contributed by atoms with Gasteiger partial charge < -0.3 is 5.32 Å². The highest BCUT2D eigenvalue weighted by atomic mass is 35.5. The Balaban J connectivity index is 2.14. The Morgan fingerprint density at radius 1 is 1.12 bits per heavy atom. The van der Waals surface area contributed by atoms with Crippen molar-refractivity contribution in [2.75, 3.05) is 5.32 Å². The molecule has 2 aromatic rings. The normalized spacial score (nSPS) is 12.1. The van der Waals surface area contributed by atoms with Crippen LogP contribution >= 0.6 is 11.6 Å². The summed E-state index contributed by atoms with van der Waals surface area (Å²) in [6.07, 6.45) is 3.19. The summed E-state index contributed by atoms with van der Waals surface area (Å²) in [4.78, 5) is 8.10. The smallest absolute Gasteiger partial charge is 0.171 e. The number of halogens is 1. The zero-order chi connectivity index (χ0) is 11.4. The molecule has 1 aromatic heterocycles. The molecule has 0 saturated carbocycles. The third-order valence-corrected chi connectivity index (χ3v) is 2.58. The molecule has 0 aliphatic heterocycles. The molecule has 1 heterocycles. The van der Waals surface area contributed by atoms with Crippen LogP contribution in [0, 0.1) is 0 Å². The van der Waals surface area contributed by atoms with Crippen molar-refractivity contribution in [3.63, 3.8) is 0 Å². The average Bonchev–Trinajstić information content (AvgIpc) is 2.33. The van der Waals surface area contributed by atoms with Gasteiger partial charge in [0.1, 0.15) is 0 Å². The number of aromatic nitrogens is 2. The monoisotopic (exact) mass is 233 g/mol. The van der Waals surface area contributed by atoms with Crippen molar-refractivity contribution in [3.8, 4) is 0 Å². The van der Waals surface area contributed by atoms with Gasteiger partial charge in [-0.05, 0) is 12.5 Å². The van der Waals surface area contributed by atoms with Crippen LogP contribution in [-0.2, 0) is 0 Å². The number of nitrogens with zero attached hydrogens (tertiary/aromatic N) is 2. The highest BCUT2D eigenvalue weighted by molar-refractivity contribution is 6.31. The molecule has 0 unspecified atom stereocenters. The van der Waals surface area contributed by atoms with Crippen LogP contribution in [0.4, 0.5) is 5.82 Å². The van der Waals surface area contributed by atoms with E-state index in [-0.39, 0.29) is 6.04 Å². The Morgan fingerprint density at radius 3 is 2.50 bits per heavy atom. The number of hydrogen-bond donors (Lipinski definition) is 1. The van der Waals surface area contributed by atoms with Crippen LogP contribution in [0.2, 0.25) is 5.15 Å². The van der Waals surface area contributed by atoms with Gasteiger partial charge in [0.2, 0.25) is 0 Å². The second-order valence-electron chi connectivity index (χ2n) is 3.47. The first-order valence-electron chi connectivity index (χ1n) is 5.05. The summed E-state index contributed by atoms with van der Waals surface area (Å²) in [5.74, 6) is 0.612. The van der Waals surface area contributed by atoms with Crippen LogP contribution < -0.4 is 5.32 Å². The van der Waals surface area contributed by atoms with Crippen molar-refractivity contribution < 1.29 is 0 Å². The number of anilines is 1. The molecule has 16 heavy (non-hydrogen) atoms. The fraction of sp³-hybridized carbons (Fsp3) is 0.167. The van der Waals surface area contributed by atoms with Crippen molar-refractivity contribution in [3.05, 3.63) is 53.4 Å². The zero-order valence-electron chi connectivity index (χ0n) is 8.89. The summed E-state index contributed by atoms with van der Waals surface area (Å²) in [5.41, 5.74) is 1.18. The highest BCUT2D eigenvalue weighted by Gasteiger charge is 2.08. The fourth-order valence-corrected chi connectivity index (χ4v) is 1.61. The Labute approximate surface area is 99.5 Å². The first-order chi connectivity index (χ1) is 7.77. The Kier molecular flexibility index (Phi) is 3.37. The van der Waals surface area contributed by atoms with E-state index in [0.717, 1.165) is 0 Å². The van der Waals surface area contributed by atoms with Crippen LogP contribution in [0.3, 0.4) is 0 Å². The van der Waals surface area contributed by atoms with Gasteiger partial charge in [-0.15, -0.1) is 0 Å². The first kappa shape index (κ1) is 10.9. The van der Waals surface area contributed by atoms with Gasteiger partial charge in [-0.3, -0.25) is 0 Å². The molecular formula is C12H12ClN3. The van der Waals surface area contributed by atoms with E-state index in [9.17, 15) is 0 Å². The van der Waals surface area contributed by atoms with Gasteiger partial charge in [0, 0.05) is 12.4 Å². The highest BCUT2D eigenvalue weighted by Crippen LogP contribution is 2.21. The standard InChI is InChI=1S/C12H12ClN3/c1-9(10-5-3-2-4-6-10)16-12-11(13)14-7-8-15-12/h2-9H,1H3,(H,15,16)/t9-/m0/s1. The molecule has 2 rings (SSSR count). The maximum atomic E-state index is 5.92. The lowest BCUT2D eigenvalue weighted by Gasteiger charge is -2.14. The van der Waals surface area contributed by atoms with E-state index in [2.05, 4.69) is 34.3 Å². The van der Waals surface area contributed by atoms with Crippen LogP contribution in [0.5, 0.6) is 0 Å². The molecule has 0 spiro atoms. The van der Waals surface area contributed by atoms with Gasteiger partial charge in [0.05, 0.1) is 6.04 Å². The lowest BCUT2D eigenvalue weighted by Crippen LogP contribution is -2.08. The van der Waals surface area contributed by atoms with Crippen molar-refractivity contribution in [2.45, 2.75) is 13.0 Å². The Hall–Kier alpha value is -1.61. The minimum atomic E-state index is 0.149. The third-order valence-electron chi connectivity index (χ3n) is 2.31. The second kappa shape index (κ2) is 4.94. The molecule has 82 valence electrons. The molecule has 3 nitrogen and oxygen atoms in total. The topological polar surface area (TPSA) is 37.8 Å². The minimum absolute atomic E-state index is 0.149. The average molecular weight is 234 g/mol. The lowest BCUT2D eigenvalue weighted by molar-refractivity contribution is 0.871. The van der Waals surface area contributed by atoms with Crippen LogP contribution in [0.1, 0.15) is 18.5 Å². The van der Waals surface area contributed by atoms with Crippen molar-refractivity contribution >= 4 is 17.4 Å². The zero-order valence-corrected chi connectivity index (χ0v) is 9.65. The summed E-state index contributed by atoms with van der Waals surface area (Å²) in [6, 6.07) is 10.3. The molecule has 0 fully saturated rings. The van der Waals surface area contributed by atoms with Gasteiger partial charge >= 0.3 is 0 Å². The van der Waals surface area contributed by atoms with Gasteiger partial charge in [-0.2, -0.15) is 0 Å². The minimum Gasteiger partial charge on any atom is -0.361 e. The molecule has 0 saturated heterocycles. The lowest BCUT2D eigenvalue weighted by atomic mass is 10.1. The summed E-state index contributed by atoms with van der Waals surface area (Å²) in [6.45, 7) is 2.06. The Bertz CT molecular complexity index is 459. The molecule has 0 amide bonds. The molecule has 1 aromatic carbocycles. The number of rotatable bonds is 3.